The van der Waals surface area contributed by atoms with E-state index in [1.807, 2.05) is 47.3 Å². The molecule has 0 bridgehead atoms. The minimum absolute atomic E-state index is 0.348. The van der Waals surface area contributed by atoms with Crippen molar-refractivity contribution in [3.63, 3.8) is 0 Å². The molecule has 0 aliphatic rings. The zero-order valence-electron chi connectivity index (χ0n) is 10.8. The standard InChI is InChI=1S/C16H15N3/c1-16(19-13-12-17-18-19,14-8-4-2-5-9-14)15-10-6-3-7-11-15/h2-13H,1H3. The molecule has 2 aromatic carbocycles. The SMILES string of the molecule is CC(c1ccccc1)(c1ccccc1)n1ccnn1. The average Bonchev–Trinajstić information content (AvgIpc) is 3.03. The molecule has 0 aliphatic heterocycles. The van der Waals surface area contributed by atoms with Crippen molar-refractivity contribution in [1.29, 1.82) is 0 Å². The first-order valence-corrected chi connectivity index (χ1v) is 6.29. The number of hydrogen-bond donors (Lipinski definition) is 0. The average molecular weight is 249 g/mol. The molecule has 0 saturated heterocycles. The Morgan fingerprint density at radius 3 is 1.79 bits per heavy atom. The summed E-state index contributed by atoms with van der Waals surface area (Å²) in [5, 5.41) is 8.16. The van der Waals surface area contributed by atoms with E-state index >= 15 is 0 Å². The van der Waals surface area contributed by atoms with E-state index in [2.05, 4.69) is 41.5 Å². The van der Waals surface area contributed by atoms with Gasteiger partial charge in [0.1, 0.15) is 5.54 Å². The maximum absolute atomic E-state index is 4.21. The van der Waals surface area contributed by atoms with Gasteiger partial charge in [-0.05, 0) is 18.1 Å². The van der Waals surface area contributed by atoms with Gasteiger partial charge in [0.25, 0.3) is 0 Å². The van der Waals surface area contributed by atoms with Crippen molar-refractivity contribution in [2.75, 3.05) is 0 Å². The molecule has 0 saturated carbocycles. The topological polar surface area (TPSA) is 30.7 Å². The van der Waals surface area contributed by atoms with Crippen LogP contribution in [0.5, 0.6) is 0 Å². The summed E-state index contributed by atoms with van der Waals surface area (Å²) in [6, 6.07) is 20.7. The molecule has 0 aliphatic carbocycles. The Labute approximate surface area is 112 Å². The highest BCUT2D eigenvalue weighted by molar-refractivity contribution is 5.38. The molecule has 3 nitrogen and oxygen atoms in total. The van der Waals surface area contributed by atoms with E-state index in [1.165, 1.54) is 11.1 Å². The van der Waals surface area contributed by atoms with E-state index in [9.17, 15) is 0 Å². The molecule has 19 heavy (non-hydrogen) atoms. The molecular formula is C16H15N3. The van der Waals surface area contributed by atoms with Crippen molar-refractivity contribution in [2.45, 2.75) is 12.5 Å². The smallest absolute Gasteiger partial charge is 0.111 e. The molecule has 94 valence electrons. The maximum atomic E-state index is 4.21. The first kappa shape index (κ1) is 11.7. The minimum atomic E-state index is -0.348. The van der Waals surface area contributed by atoms with Crippen molar-refractivity contribution in [3.8, 4) is 0 Å². The van der Waals surface area contributed by atoms with Crippen LogP contribution in [0.4, 0.5) is 0 Å². The first-order chi connectivity index (χ1) is 9.32. The van der Waals surface area contributed by atoms with Gasteiger partial charge >= 0.3 is 0 Å². The van der Waals surface area contributed by atoms with Gasteiger partial charge < -0.3 is 0 Å². The van der Waals surface area contributed by atoms with Crippen molar-refractivity contribution < 1.29 is 0 Å². The summed E-state index contributed by atoms with van der Waals surface area (Å²) in [7, 11) is 0. The van der Waals surface area contributed by atoms with Crippen LogP contribution in [0.25, 0.3) is 0 Å². The molecule has 3 aromatic rings. The van der Waals surface area contributed by atoms with E-state index in [-0.39, 0.29) is 5.54 Å². The lowest BCUT2D eigenvalue weighted by Gasteiger charge is -2.30. The zero-order valence-corrected chi connectivity index (χ0v) is 10.8. The second-order valence-corrected chi connectivity index (χ2v) is 4.65. The number of nitrogens with zero attached hydrogens (tertiary/aromatic N) is 3. The third kappa shape index (κ3) is 1.93. The predicted molar refractivity (Wildman–Crippen MR) is 74.8 cm³/mol. The summed E-state index contributed by atoms with van der Waals surface area (Å²) in [5.74, 6) is 0. The van der Waals surface area contributed by atoms with Crippen LogP contribution in [0.3, 0.4) is 0 Å². The quantitative estimate of drug-likeness (QED) is 0.714. The fourth-order valence-electron chi connectivity index (χ4n) is 2.40. The van der Waals surface area contributed by atoms with Crippen LogP contribution in [0, 0.1) is 0 Å². The van der Waals surface area contributed by atoms with E-state index < -0.39 is 0 Å². The lowest BCUT2D eigenvalue weighted by Crippen LogP contribution is -2.33. The minimum Gasteiger partial charge on any atom is -0.238 e. The molecule has 0 atom stereocenters. The molecule has 3 heteroatoms. The molecule has 0 unspecified atom stereocenters. The summed E-state index contributed by atoms with van der Waals surface area (Å²) in [6.07, 6.45) is 3.62. The third-order valence-corrected chi connectivity index (χ3v) is 3.55. The number of rotatable bonds is 3. The summed E-state index contributed by atoms with van der Waals surface area (Å²) in [4.78, 5) is 0. The van der Waals surface area contributed by atoms with Gasteiger partial charge in [0.2, 0.25) is 0 Å². The largest absolute Gasteiger partial charge is 0.238 e. The molecule has 0 spiro atoms. The molecule has 3 rings (SSSR count). The first-order valence-electron chi connectivity index (χ1n) is 6.29. The molecule has 0 radical (unpaired) electrons. The normalized spacial score (nSPS) is 11.4. The van der Waals surface area contributed by atoms with E-state index in [0.29, 0.717) is 0 Å². The Hall–Kier alpha value is -2.42. The van der Waals surface area contributed by atoms with Gasteiger partial charge in [-0.25, -0.2) is 4.68 Å². The van der Waals surface area contributed by atoms with Crippen LogP contribution in [-0.4, -0.2) is 15.0 Å². The van der Waals surface area contributed by atoms with E-state index in [4.69, 9.17) is 0 Å². The summed E-state index contributed by atoms with van der Waals surface area (Å²) < 4.78 is 1.90. The molecule has 0 fully saturated rings. The lowest BCUT2D eigenvalue weighted by molar-refractivity contribution is 0.414. The van der Waals surface area contributed by atoms with E-state index in [0.717, 1.165) is 0 Å². The Morgan fingerprint density at radius 2 is 1.37 bits per heavy atom. The van der Waals surface area contributed by atoms with Gasteiger partial charge in [-0.2, -0.15) is 0 Å². The predicted octanol–water partition coefficient (Wildman–Crippen LogP) is 3.09. The van der Waals surface area contributed by atoms with Crippen LogP contribution < -0.4 is 0 Å². The van der Waals surface area contributed by atoms with Crippen LogP contribution in [0.2, 0.25) is 0 Å². The van der Waals surface area contributed by atoms with Gasteiger partial charge in [0.15, 0.2) is 0 Å². The van der Waals surface area contributed by atoms with Gasteiger partial charge in [-0.1, -0.05) is 65.9 Å². The molecule has 0 N–H and O–H groups in total. The van der Waals surface area contributed by atoms with Gasteiger partial charge in [-0.3, -0.25) is 0 Å². The molecule has 1 heterocycles. The Kier molecular flexibility index (Phi) is 2.88. The Balaban J connectivity index is 2.23. The van der Waals surface area contributed by atoms with Crippen LogP contribution in [0.15, 0.2) is 73.1 Å². The summed E-state index contributed by atoms with van der Waals surface area (Å²) in [5.41, 5.74) is 2.03. The number of aromatic nitrogens is 3. The lowest BCUT2D eigenvalue weighted by atomic mass is 9.85. The van der Waals surface area contributed by atoms with Gasteiger partial charge in [-0.15, -0.1) is 5.10 Å². The van der Waals surface area contributed by atoms with Crippen molar-refractivity contribution in [3.05, 3.63) is 84.2 Å². The fourth-order valence-corrected chi connectivity index (χ4v) is 2.40. The highest BCUT2D eigenvalue weighted by Crippen LogP contribution is 2.32. The van der Waals surface area contributed by atoms with Crippen LogP contribution in [0.1, 0.15) is 18.1 Å². The van der Waals surface area contributed by atoms with Crippen LogP contribution >= 0.6 is 0 Å². The third-order valence-electron chi connectivity index (χ3n) is 3.55. The van der Waals surface area contributed by atoms with Crippen molar-refractivity contribution in [1.82, 2.24) is 15.0 Å². The monoisotopic (exact) mass is 249 g/mol. The van der Waals surface area contributed by atoms with Crippen LogP contribution in [-0.2, 0) is 5.54 Å². The van der Waals surface area contributed by atoms with Gasteiger partial charge in [0, 0.05) is 6.20 Å². The van der Waals surface area contributed by atoms with E-state index in [1.54, 1.807) is 6.20 Å². The highest BCUT2D eigenvalue weighted by atomic mass is 15.4. The molecule has 1 aromatic heterocycles. The zero-order chi connectivity index (χ0) is 13.1. The Morgan fingerprint density at radius 1 is 0.842 bits per heavy atom. The molecular weight excluding hydrogens is 234 g/mol. The second-order valence-electron chi connectivity index (χ2n) is 4.65. The maximum Gasteiger partial charge on any atom is 0.111 e. The molecule has 0 amide bonds. The highest BCUT2D eigenvalue weighted by Gasteiger charge is 2.31. The van der Waals surface area contributed by atoms with Crippen molar-refractivity contribution in [2.24, 2.45) is 0 Å². The number of hydrogen-bond acceptors (Lipinski definition) is 2. The summed E-state index contributed by atoms with van der Waals surface area (Å²) in [6.45, 7) is 2.16. The van der Waals surface area contributed by atoms with Gasteiger partial charge in [0.05, 0.1) is 6.20 Å². The fraction of sp³-hybridized carbons (Fsp3) is 0.125. The number of benzene rings is 2. The second kappa shape index (κ2) is 4.69. The van der Waals surface area contributed by atoms with Crippen molar-refractivity contribution >= 4 is 0 Å². The summed E-state index contributed by atoms with van der Waals surface area (Å²) >= 11 is 0. The Bertz CT molecular complexity index is 591.